The van der Waals surface area contributed by atoms with E-state index in [1.165, 1.54) is 15.9 Å². The molecule has 7 heteroatoms. The first-order valence-corrected chi connectivity index (χ1v) is 9.37. The van der Waals surface area contributed by atoms with Gasteiger partial charge in [0.1, 0.15) is 5.82 Å². The molecule has 4 rings (SSSR count). The number of aryl methyl sites for hydroxylation is 3. The maximum absolute atomic E-state index is 12.5. The van der Waals surface area contributed by atoms with Gasteiger partial charge in [-0.15, -0.1) is 0 Å². The van der Waals surface area contributed by atoms with Crippen LogP contribution < -0.4 is 15.9 Å². The number of carbonyl (C=O) groups is 1. The van der Waals surface area contributed by atoms with Gasteiger partial charge in [-0.2, -0.15) is 5.10 Å². The second kappa shape index (κ2) is 6.97. The maximum atomic E-state index is 12.5. The zero-order valence-corrected chi connectivity index (χ0v) is 15.1. The Hall–Kier alpha value is -2.57. The van der Waals surface area contributed by atoms with Crippen molar-refractivity contribution >= 4 is 11.6 Å². The van der Waals surface area contributed by atoms with Crippen LogP contribution in [0.25, 0.3) is 0 Å². The predicted octanol–water partition coefficient (Wildman–Crippen LogP) is 0.713. The van der Waals surface area contributed by atoms with Crippen LogP contribution in [0, 0.1) is 5.92 Å². The van der Waals surface area contributed by atoms with E-state index in [-0.39, 0.29) is 17.5 Å². The number of nitrogens with zero attached hydrogens (tertiary/aromatic N) is 4. The molecule has 0 fully saturated rings. The van der Waals surface area contributed by atoms with Crippen LogP contribution in [0.2, 0.25) is 0 Å². The molecule has 0 unspecified atom stereocenters. The summed E-state index contributed by atoms with van der Waals surface area (Å²) in [6.45, 7) is 2.90. The molecule has 1 aromatic carbocycles. The lowest BCUT2D eigenvalue weighted by atomic mass is 9.98. The summed E-state index contributed by atoms with van der Waals surface area (Å²) in [4.78, 5) is 26.9. The molecule has 1 atom stereocenters. The topological polar surface area (TPSA) is 72.2 Å². The molecule has 0 saturated heterocycles. The van der Waals surface area contributed by atoms with E-state index in [0.29, 0.717) is 19.5 Å². The standard InChI is InChI=1S/C19H25N5O2/c1-22-19(26)24-13-15(8-9-17(24)21-22)18(25)20-10-12-23-11-4-6-14-5-2-3-7-16(14)23/h2-3,5,7,15H,4,6,8-13H2,1H3,(H,20,25)/t15-/m1/s1. The highest BCUT2D eigenvalue weighted by atomic mass is 16.2. The number of aromatic nitrogens is 3. The highest BCUT2D eigenvalue weighted by molar-refractivity contribution is 5.78. The van der Waals surface area contributed by atoms with E-state index < -0.39 is 0 Å². The zero-order valence-electron chi connectivity index (χ0n) is 15.1. The number of anilines is 1. The third-order valence-electron chi connectivity index (χ3n) is 5.46. The normalized spacial score (nSPS) is 19.0. The lowest BCUT2D eigenvalue weighted by Gasteiger charge is -2.31. The molecule has 2 aromatic rings. The van der Waals surface area contributed by atoms with Crippen molar-refractivity contribution < 1.29 is 4.79 Å². The summed E-state index contributed by atoms with van der Waals surface area (Å²) in [6.07, 6.45) is 3.70. The largest absolute Gasteiger partial charge is 0.370 e. The highest BCUT2D eigenvalue weighted by Gasteiger charge is 2.27. The number of nitrogens with one attached hydrogen (secondary N) is 1. The minimum Gasteiger partial charge on any atom is -0.370 e. The Morgan fingerprint density at radius 3 is 3.04 bits per heavy atom. The SMILES string of the molecule is Cn1nc2n(c1=O)C[C@H](C(=O)NCCN1CCCc3ccccc31)CC2. The Morgan fingerprint density at radius 1 is 1.31 bits per heavy atom. The highest BCUT2D eigenvalue weighted by Crippen LogP contribution is 2.26. The summed E-state index contributed by atoms with van der Waals surface area (Å²) in [7, 11) is 1.65. The van der Waals surface area contributed by atoms with Crippen molar-refractivity contribution in [3.63, 3.8) is 0 Å². The van der Waals surface area contributed by atoms with Crippen molar-refractivity contribution in [3.05, 3.63) is 46.1 Å². The molecule has 2 aliphatic heterocycles. The summed E-state index contributed by atoms with van der Waals surface area (Å²) in [5.41, 5.74) is 2.54. The number of rotatable bonds is 4. The zero-order chi connectivity index (χ0) is 18.1. The summed E-state index contributed by atoms with van der Waals surface area (Å²) in [6, 6.07) is 8.50. The Bertz CT molecular complexity index is 869. The molecule has 26 heavy (non-hydrogen) atoms. The number of para-hydroxylation sites is 1. The van der Waals surface area contributed by atoms with Gasteiger partial charge in [0.05, 0.1) is 5.92 Å². The fourth-order valence-electron chi connectivity index (χ4n) is 4.05. The van der Waals surface area contributed by atoms with Crippen LogP contribution in [0.5, 0.6) is 0 Å². The Balaban J connectivity index is 1.33. The monoisotopic (exact) mass is 355 g/mol. The number of amides is 1. The first kappa shape index (κ1) is 16.9. The van der Waals surface area contributed by atoms with Gasteiger partial charge in [0.25, 0.3) is 0 Å². The molecule has 3 heterocycles. The average Bonchev–Trinajstić information content (AvgIpc) is 2.95. The molecular weight excluding hydrogens is 330 g/mol. The lowest BCUT2D eigenvalue weighted by molar-refractivity contribution is -0.125. The number of benzene rings is 1. The van der Waals surface area contributed by atoms with E-state index >= 15 is 0 Å². The molecule has 1 aromatic heterocycles. The smallest absolute Gasteiger partial charge is 0.345 e. The van der Waals surface area contributed by atoms with Gasteiger partial charge in [-0.05, 0) is 30.9 Å². The molecular formula is C19H25N5O2. The number of fused-ring (bicyclic) bond motifs is 2. The van der Waals surface area contributed by atoms with Gasteiger partial charge in [0.2, 0.25) is 5.91 Å². The molecule has 0 spiro atoms. The van der Waals surface area contributed by atoms with Gasteiger partial charge >= 0.3 is 5.69 Å². The van der Waals surface area contributed by atoms with E-state index in [4.69, 9.17) is 0 Å². The van der Waals surface area contributed by atoms with E-state index in [2.05, 4.69) is 39.6 Å². The van der Waals surface area contributed by atoms with Crippen molar-refractivity contribution in [1.82, 2.24) is 19.7 Å². The first-order valence-electron chi connectivity index (χ1n) is 9.37. The fourth-order valence-corrected chi connectivity index (χ4v) is 4.05. The van der Waals surface area contributed by atoms with Crippen LogP contribution in [0.1, 0.15) is 24.2 Å². The van der Waals surface area contributed by atoms with Crippen molar-refractivity contribution in [2.24, 2.45) is 13.0 Å². The van der Waals surface area contributed by atoms with Gasteiger partial charge in [0.15, 0.2) is 0 Å². The maximum Gasteiger partial charge on any atom is 0.345 e. The van der Waals surface area contributed by atoms with Gasteiger partial charge in [-0.1, -0.05) is 18.2 Å². The van der Waals surface area contributed by atoms with Crippen molar-refractivity contribution in [3.8, 4) is 0 Å². The molecule has 1 N–H and O–H groups in total. The van der Waals surface area contributed by atoms with Gasteiger partial charge in [0, 0.05) is 45.3 Å². The molecule has 2 aliphatic rings. The molecule has 0 radical (unpaired) electrons. The van der Waals surface area contributed by atoms with Crippen LogP contribution in [0.3, 0.4) is 0 Å². The summed E-state index contributed by atoms with van der Waals surface area (Å²) < 4.78 is 2.98. The molecule has 0 aliphatic carbocycles. The van der Waals surface area contributed by atoms with Crippen molar-refractivity contribution in [2.45, 2.75) is 32.2 Å². The van der Waals surface area contributed by atoms with E-state index in [1.807, 2.05) is 0 Å². The van der Waals surface area contributed by atoms with Gasteiger partial charge in [-0.25, -0.2) is 9.48 Å². The minimum absolute atomic E-state index is 0.0386. The molecule has 138 valence electrons. The quantitative estimate of drug-likeness (QED) is 0.877. The Kier molecular flexibility index (Phi) is 4.53. The van der Waals surface area contributed by atoms with Crippen LogP contribution >= 0.6 is 0 Å². The summed E-state index contributed by atoms with van der Waals surface area (Å²) >= 11 is 0. The van der Waals surface area contributed by atoms with Crippen LogP contribution in [0.15, 0.2) is 29.1 Å². The molecule has 1 amide bonds. The van der Waals surface area contributed by atoms with Gasteiger partial charge in [-0.3, -0.25) is 9.36 Å². The average molecular weight is 355 g/mol. The molecule has 0 saturated carbocycles. The number of hydrogen-bond acceptors (Lipinski definition) is 4. The fraction of sp³-hybridized carbons (Fsp3) is 0.526. The first-order chi connectivity index (χ1) is 12.6. The van der Waals surface area contributed by atoms with Crippen molar-refractivity contribution in [2.75, 3.05) is 24.5 Å². The number of carbonyl (C=O) groups excluding carboxylic acids is 1. The van der Waals surface area contributed by atoms with Gasteiger partial charge < -0.3 is 10.2 Å². The summed E-state index contributed by atoms with van der Waals surface area (Å²) in [5.74, 6) is 0.668. The predicted molar refractivity (Wildman–Crippen MR) is 99.3 cm³/mol. The molecule has 7 nitrogen and oxygen atoms in total. The minimum atomic E-state index is -0.155. The van der Waals surface area contributed by atoms with Crippen LogP contribution in [0.4, 0.5) is 5.69 Å². The van der Waals surface area contributed by atoms with Crippen LogP contribution in [-0.4, -0.2) is 39.9 Å². The Morgan fingerprint density at radius 2 is 2.15 bits per heavy atom. The lowest BCUT2D eigenvalue weighted by Crippen LogP contribution is -2.42. The van der Waals surface area contributed by atoms with Crippen molar-refractivity contribution in [1.29, 1.82) is 0 Å². The third-order valence-corrected chi connectivity index (χ3v) is 5.46. The molecule has 0 bridgehead atoms. The third kappa shape index (κ3) is 3.13. The van der Waals surface area contributed by atoms with Crippen LogP contribution in [-0.2, 0) is 31.2 Å². The van der Waals surface area contributed by atoms with E-state index in [1.54, 1.807) is 11.6 Å². The number of hydrogen-bond donors (Lipinski definition) is 1. The van der Waals surface area contributed by atoms with E-state index in [0.717, 1.165) is 38.2 Å². The van der Waals surface area contributed by atoms with E-state index in [9.17, 15) is 9.59 Å². The Labute approximate surface area is 152 Å². The second-order valence-corrected chi connectivity index (χ2v) is 7.18. The summed E-state index contributed by atoms with van der Waals surface area (Å²) in [5, 5.41) is 7.28. The second-order valence-electron chi connectivity index (χ2n) is 7.18.